The molecule has 2 aromatic carbocycles. The fourth-order valence-electron chi connectivity index (χ4n) is 4.20. The Morgan fingerprint density at radius 3 is 2.50 bits per heavy atom. The van der Waals surface area contributed by atoms with Gasteiger partial charge in [-0.15, -0.1) is 5.10 Å². The van der Waals surface area contributed by atoms with Crippen LogP contribution in [0.4, 0.5) is 5.95 Å². The Labute approximate surface area is 177 Å². The van der Waals surface area contributed by atoms with Gasteiger partial charge in [0.05, 0.1) is 5.52 Å². The maximum Gasteiger partial charge on any atom is 0.226 e. The largest absolute Gasteiger partial charge is 0.350 e. The summed E-state index contributed by atoms with van der Waals surface area (Å²) in [6, 6.07) is 17.0. The second-order valence-corrected chi connectivity index (χ2v) is 8.48. The average molecular weight is 401 g/mol. The maximum atomic E-state index is 4.78. The molecule has 1 fully saturated rings. The van der Waals surface area contributed by atoms with E-state index in [4.69, 9.17) is 4.98 Å². The molecule has 1 aliphatic rings. The van der Waals surface area contributed by atoms with Crippen LogP contribution in [0.3, 0.4) is 0 Å². The zero-order valence-corrected chi connectivity index (χ0v) is 17.7. The summed E-state index contributed by atoms with van der Waals surface area (Å²) in [6.07, 6.45) is 2.63. The van der Waals surface area contributed by atoms with Gasteiger partial charge in [0.25, 0.3) is 0 Å². The van der Waals surface area contributed by atoms with E-state index in [9.17, 15) is 0 Å². The molecule has 3 heterocycles. The van der Waals surface area contributed by atoms with Crippen LogP contribution in [0.5, 0.6) is 0 Å². The van der Waals surface area contributed by atoms with Crippen molar-refractivity contribution in [3.05, 3.63) is 65.5 Å². The van der Waals surface area contributed by atoms with E-state index in [1.54, 1.807) is 0 Å². The van der Waals surface area contributed by atoms with E-state index in [1.165, 1.54) is 37.1 Å². The Bertz CT molecular complexity index is 1160. The van der Waals surface area contributed by atoms with Gasteiger partial charge in [0.15, 0.2) is 5.65 Å². The molecule has 6 nitrogen and oxygen atoms in total. The molecule has 0 atom stereocenters. The van der Waals surface area contributed by atoms with Crippen LogP contribution in [0.15, 0.2) is 48.5 Å². The van der Waals surface area contributed by atoms with E-state index >= 15 is 0 Å². The third kappa shape index (κ3) is 3.87. The van der Waals surface area contributed by atoms with Gasteiger partial charge in [0, 0.05) is 18.5 Å². The van der Waals surface area contributed by atoms with Gasteiger partial charge >= 0.3 is 0 Å². The Morgan fingerprint density at radius 1 is 0.967 bits per heavy atom. The molecule has 0 amide bonds. The number of aromatic nitrogens is 4. The topological polar surface area (TPSA) is 58.4 Å². The lowest BCUT2D eigenvalue weighted by atomic mass is 9.99. The van der Waals surface area contributed by atoms with Crippen molar-refractivity contribution >= 4 is 22.5 Å². The lowest BCUT2D eigenvalue weighted by Crippen LogP contribution is -2.32. The highest BCUT2D eigenvalue weighted by atomic mass is 15.4. The van der Waals surface area contributed by atoms with Crippen molar-refractivity contribution in [2.24, 2.45) is 5.92 Å². The van der Waals surface area contributed by atoms with Crippen molar-refractivity contribution in [3.8, 4) is 0 Å². The normalized spacial score (nSPS) is 15.8. The summed E-state index contributed by atoms with van der Waals surface area (Å²) in [6.45, 7) is 8.44. The number of nitrogens with one attached hydrogen (secondary N) is 1. The van der Waals surface area contributed by atoms with Crippen LogP contribution < -0.4 is 5.32 Å². The molecular weight excluding hydrogens is 372 g/mol. The van der Waals surface area contributed by atoms with E-state index in [-0.39, 0.29) is 0 Å². The van der Waals surface area contributed by atoms with Gasteiger partial charge in [0.2, 0.25) is 5.95 Å². The quantitative estimate of drug-likeness (QED) is 0.537. The SMILES string of the molecule is Cc1nc2c3ccccc3nc(NCc3ccc(CN4CCC(C)CC4)cc3)n2n1. The Balaban J connectivity index is 1.30. The lowest BCUT2D eigenvalue weighted by Gasteiger charge is -2.30. The minimum Gasteiger partial charge on any atom is -0.350 e. The average Bonchev–Trinajstić information content (AvgIpc) is 3.16. The van der Waals surface area contributed by atoms with E-state index in [1.807, 2.05) is 35.7 Å². The first-order chi connectivity index (χ1) is 14.7. The number of benzene rings is 2. The van der Waals surface area contributed by atoms with Gasteiger partial charge in [-0.1, -0.05) is 43.3 Å². The standard InChI is InChI=1S/C24H28N6/c1-17-11-13-29(14-12-17)16-20-9-7-19(8-10-20)15-25-24-27-22-6-4-3-5-21(22)23-26-18(2)28-30(23)24/h3-10,17H,11-16H2,1-2H3,(H,25,27). The second-order valence-electron chi connectivity index (χ2n) is 8.48. The fraction of sp³-hybridized carbons (Fsp3) is 0.375. The highest BCUT2D eigenvalue weighted by Crippen LogP contribution is 2.21. The Kier molecular flexibility index (Phi) is 5.09. The number of rotatable bonds is 5. The highest BCUT2D eigenvalue weighted by molar-refractivity contribution is 5.92. The molecule has 5 rings (SSSR count). The van der Waals surface area contributed by atoms with Crippen LogP contribution in [-0.2, 0) is 13.1 Å². The van der Waals surface area contributed by atoms with Gasteiger partial charge in [-0.25, -0.2) is 9.97 Å². The smallest absolute Gasteiger partial charge is 0.226 e. The summed E-state index contributed by atoms with van der Waals surface area (Å²) in [5, 5.41) is 9.00. The molecule has 4 aromatic rings. The molecule has 1 saturated heterocycles. The summed E-state index contributed by atoms with van der Waals surface area (Å²) in [7, 11) is 0. The molecule has 2 aromatic heterocycles. The number of fused-ring (bicyclic) bond motifs is 3. The van der Waals surface area contributed by atoms with Crippen LogP contribution >= 0.6 is 0 Å². The first-order valence-electron chi connectivity index (χ1n) is 10.8. The van der Waals surface area contributed by atoms with E-state index in [0.717, 1.165) is 40.8 Å². The number of likely N-dealkylation sites (tertiary alicyclic amines) is 1. The van der Waals surface area contributed by atoms with E-state index in [2.05, 4.69) is 51.5 Å². The van der Waals surface area contributed by atoms with Crippen molar-refractivity contribution in [2.75, 3.05) is 18.4 Å². The summed E-state index contributed by atoms with van der Waals surface area (Å²) in [5.74, 6) is 2.34. The summed E-state index contributed by atoms with van der Waals surface area (Å²) >= 11 is 0. The van der Waals surface area contributed by atoms with Crippen LogP contribution in [0.25, 0.3) is 16.6 Å². The zero-order valence-electron chi connectivity index (χ0n) is 17.7. The number of hydrogen-bond donors (Lipinski definition) is 1. The van der Waals surface area contributed by atoms with Crippen molar-refractivity contribution < 1.29 is 0 Å². The number of hydrogen-bond acceptors (Lipinski definition) is 5. The molecule has 0 saturated carbocycles. The summed E-state index contributed by atoms with van der Waals surface area (Å²) < 4.78 is 1.81. The predicted molar refractivity (Wildman–Crippen MR) is 120 cm³/mol. The molecule has 6 heteroatoms. The highest BCUT2D eigenvalue weighted by Gasteiger charge is 2.15. The van der Waals surface area contributed by atoms with Crippen molar-refractivity contribution in [1.29, 1.82) is 0 Å². The Morgan fingerprint density at radius 2 is 1.70 bits per heavy atom. The maximum absolute atomic E-state index is 4.78. The number of aryl methyl sites for hydroxylation is 1. The van der Waals surface area contributed by atoms with E-state index < -0.39 is 0 Å². The third-order valence-corrected chi connectivity index (χ3v) is 6.04. The number of para-hydroxylation sites is 1. The van der Waals surface area contributed by atoms with E-state index in [0.29, 0.717) is 6.54 Å². The number of nitrogens with zero attached hydrogens (tertiary/aromatic N) is 5. The monoisotopic (exact) mass is 400 g/mol. The molecule has 154 valence electrons. The third-order valence-electron chi connectivity index (χ3n) is 6.04. The molecule has 30 heavy (non-hydrogen) atoms. The minimum absolute atomic E-state index is 0.695. The molecule has 1 N–H and O–H groups in total. The van der Waals surface area contributed by atoms with Crippen LogP contribution in [0.2, 0.25) is 0 Å². The van der Waals surface area contributed by atoms with Crippen LogP contribution in [0.1, 0.15) is 36.7 Å². The van der Waals surface area contributed by atoms with Crippen molar-refractivity contribution in [3.63, 3.8) is 0 Å². The van der Waals surface area contributed by atoms with Crippen LogP contribution in [0, 0.1) is 12.8 Å². The number of piperidine rings is 1. The first-order valence-corrected chi connectivity index (χ1v) is 10.8. The minimum atomic E-state index is 0.695. The van der Waals surface area contributed by atoms with Gasteiger partial charge < -0.3 is 5.32 Å². The zero-order chi connectivity index (χ0) is 20.5. The molecular formula is C24H28N6. The molecule has 1 aliphatic heterocycles. The fourth-order valence-corrected chi connectivity index (χ4v) is 4.20. The van der Waals surface area contributed by atoms with Crippen molar-refractivity contribution in [2.45, 2.75) is 39.8 Å². The lowest BCUT2D eigenvalue weighted by molar-refractivity contribution is 0.185. The van der Waals surface area contributed by atoms with Gasteiger partial charge in [-0.05, 0) is 62.0 Å². The molecule has 0 bridgehead atoms. The summed E-state index contributed by atoms with van der Waals surface area (Å²) in [4.78, 5) is 11.9. The molecule has 0 aliphatic carbocycles. The molecule has 0 spiro atoms. The molecule has 0 radical (unpaired) electrons. The van der Waals surface area contributed by atoms with Crippen LogP contribution in [-0.4, -0.2) is 37.6 Å². The first kappa shape index (κ1) is 19.0. The van der Waals surface area contributed by atoms with Gasteiger partial charge in [-0.3, -0.25) is 4.90 Å². The Hall–Kier alpha value is -2.99. The summed E-state index contributed by atoms with van der Waals surface area (Å²) in [5.41, 5.74) is 4.37. The number of anilines is 1. The van der Waals surface area contributed by atoms with Gasteiger partial charge in [-0.2, -0.15) is 4.52 Å². The predicted octanol–water partition coefficient (Wildman–Crippen LogP) is 4.43. The second kappa shape index (κ2) is 8.03. The van der Waals surface area contributed by atoms with Gasteiger partial charge in [0.1, 0.15) is 5.82 Å². The molecule has 0 unspecified atom stereocenters. The van der Waals surface area contributed by atoms with Crippen molar-refractivity contribution in [1.82, 2.24) is 24.5 Å².